The van der Waals surface area contributed by atoms with Crippen molar-refractivity contribution in [1.29, 1.82) is 0 Å². The molecule has 7 heteroatoms. The van der Waals surface area contributed by atoms with E-state index in [0.717, 1.165) is 5.56 Å². The maximum atomic E-state index is 12.5. The van der Waals surface area contributed by atoms with Gasteiger partial charge in [-0.05, 0) is 38.0 Å². The molecule has 2 aliphatic heterocycles. The van der Waals surface area contributed by atoms with E-state index >= 15 is 0 Å². The van der Waals surface area contributed by atoms with Gasteiger partial charge in [0.2, 0.25) is 16.2 Å². The van der Waals surface area contributed by atoms with E-state index in [1.165, 1.54) is 0 Å². The molecule has 0 radical (unpaired) electrons. The Morgan fingerprint density at radius 1 is 1.18 bits per heavy atom. The summed E-state index contributed by atoms with van der Waals surface area (Å²) in [5.41, 5.74) is 0.390. The predicted octanol–water partition coefficient (Wildman–Crippen LogP) is 1.80. The van der Waals surface area contributed by atoms with E-state index in [4.69, 9.17) is 4.74 Å². The monoisotopic (exact) mass is 401 g/mol. The van der Waals surface area contributed by atoms with Gasteiger partial charge in [-0.3, -0.25) is 4.79 Å². The Balaban J connectivity index is 1.90. The van der Waals surface area contributed by atoms with Crippen LogP contribution < -0.4 is 0 Å². The number of rotatable bonds is 2. The molecule has 1 amide bonds. The van der Waals surface area contributed by atoms with Crippen molar-refractivity contribution in [3.8, 4) is 0 Å². The molecule has 4 rings (SSSR count). The van der Waals surface area contributed by atoms with Crippen molar-refractivity contribution in [3.63, 3.8) is 0 Å². The zero-order valence-corrected chi connectivity index (χ0v) is 16.6. The molecule has 3 atom stereocenters. The van der Waals surface area contributed by atoms with Crippen molar-refractivity contribution in [2.45, 2.75) is 44.4 Å². The van der Waals surface area contributed by atoms with Gasteiger partial charge in [0.1, 0.15) is 17.5 Å². The summed E-state index contributed by atoms with van der Waals surface area (Å²) in [6.45, 7) is 4.02. The molecule has 0 saturated carbocycles. The highest BCUT2D eigenvalue weighted by atomic mass is 32.2. The van der Waals surface area contributed by atoms with E-state index in [2.05, 4.69) is 0 Å². The van der Waals surface area contributed by atoms with E-state index in [-0.39, 0.29) is 10.8 Å². The normalized spacial score (nSPS) is 29.0. The Labute approximate surface area is 165 Å². The number of hydrogen-bond donors (Lipinski definition) is 1. The fourth-order valence-corrected chi connectivity index (χ4v) is 5.24. The maximum absolute atomic E-state index is 12.5. The highest BCUT2D eigenvalue weighted by Gasteiger charge is 2.54. The summed E-state index contributed by atoms with van der Waals surface area (Å²) in [5, 5.41) is 11.1. The second kappa shape index (κ2) is 6.90. The van der Waals surface area contributed by atoms with E-state index in [0.29, 0.717) is 30.7 Å². The summed E-state index contributed by atoms with van der Waals surface area (Å²) in [5.74, 6) is -0.324. The van der Waals surface area contributed by atoms with Crippen LogP contribution in [0.5, 0.6) is 0 Å². The van der Waals surface area contributed by atoms with Crippen molar-refractivity contribution in [2.75, 3.05) is 6.54 Å². The zero-order chi connectivity index (χ0) is 20.1. The lowest BCUT2D eigenvalue weighted by molar-refractivity contribution is -0.158. The van der Waals surface area contributed by atoms with Gasteiger partial charge in [-0.15, -0.1) is 0 Å². The number of aliphatic hydroxyl groups excluding tert-OH is 1. The standard InChI is InChI=1S/C21H23NO5S/c1-21(2)20(24)18(22-12-6-9-16(22)23)17-15(27-21)11-10-14(19(17)28(25)26)13-7-4-3-5-8-13/h3-5,7-8,10-11,17-18,20,24H,6,9,12H2,1-2H3/t17?,18-,20+/m1/s1. The van der Waals surface area contributed by atoms with Crippen molar-refractivity contribution < 1.29 is 23.1 Å². The van der Waals surface area contributed by atoms with Crippen LogP contribution in [0.4, 0.5) is 0 Å². The maximum Gasteiger partial charge on any atom is 0.223 e. The molecule has 1 unspecified atom stereocenters. The SMILES string of the molecule is CC1(C)OC2=CC=C(c3ccccc3)C(=S(=O)=O)C2[C@@H](N2CCCC2=O)[C@@H]1O. The molecule has 1 aromatic carbocycles. The first-order valence-electron chi connectivity index (χ1n) is 9.41. The van der Waals surface area contributed by atoms with Gasteiger partial charge < -0.3 is 14.7 Å². The topological polar surface area (TPSA) is 83.9 Å². The largest absolute Gasteiger partial charge is 0.489 e. The molecule has 0 spiro atoms. The Hall–Kier alpha value is -2.38. The zero-order valence-electron chi connectivity index (χ0n) is 15.8. The average molecular weight is 401 g/mol. The molecule has 3 aliphatic rings. The Morgan fingerprint density at radius 3 is 2.50 bits per heavy atom. The third-order valence-corrected chi connectivity index (χ3v) is 6.59. The molecule has 2 saturated heterocycles. The summed E-state index contributed by atoms with van der Waals surface area (Å²) in [6, 6.07) is 8.55. The predicted molar refractivity (Wildman–Crippen MR) is 106 cm³/mol. The molecule has 6 nitrogen and oxygen atoms in total. The van der Waals surface area contributed by atoms with Crippen LogP contribution in [-0.2, 0) is 19.8 Å². The van der Waals surface area contributed by atoms with Crippen LogP contribution >= 0.6 is 0 Å². The van der Waals surface area contributed by atoms with Crippen molar-refractivity contribution >= 4 is 26.6 Å². The molecule has 2 fully saturated rings. The third-order valence-electron chi connectivity index (χ3n) is 5.76. The molecule has 1 aliphatic carbocycles. The minimum Gasteiger partial charge on any atom is -0.489 e. The van der Waals surface area contributed by atoms with Crippen molar-refractivity contribution in [2.24, 2.45) is 5.92 Å². The van der Waals surface area contributed by atoms with Crippen LogP contribution in [0.25, 0.3) is 5.57 Å². The first-order valence-corrected chi connectivity index (χ1v) is 10.5. The molecule has 0 aromatic heterocycles. The van der Waals surface area contributed by atoms with Gasteiger partial charge >= 0.3 is 0 Å². The van der Waals surface area contributed by atoms with Crippen LogP contribution in [0.15, 0.2) is 48.2 Å². The second-order valence-corrected chi connectivity index (χ2v) is 8.83. The van der Waals surface area contributed by atoms with Gasteiger partial charge in [0.25, 0.3) is 0 Å². The van der Waals surface area contributed by atoms with Crippen LogP contribution in [0, 0.1) is 5.92 Å². The Bertz CT molecular complexity index is 998. The Kier molecular flexibility index (Phi) is 4.67. The smallest absolute Gasteiger partial charge is 0.223 e. The molecule has 2 heterocycles. The summed E-state index contributed by atoms with van der Waals surface area (Å²) in [7, 11) is -2.54. The average Bonchev–Trinajstić information content (AvgIpc) is 3.08. The number of hydrogen-bond acceptors (Lipinski definition) is 5. The molecule has 1 aromatic rings. The van der Waals surface area contributed by atoms with Gasteiger partial charge in [0, 0.05) is 18.5 Å². The second-order valence-electron chi connectivity index (χ2n) is 7.92. The number of likely N-dealkylation sites (tertiary alicyclic amines) is 1. The molecule has 1 N–H and O–H groups in total. The summed E-state index contributed by atoms with van der Waals surface area (Å²) < 4.78 is 30.7. The third kappa shape index (κ3) is 2.99. The van der Waals surface area contributed by atoms with E-state index < -0.39 is 34.0 Å². The van der Waals surface area contributed by atoms with E-state index in [1.54, 1.807) is 30.9 Å². The lowest BCUT2D eigenvalue weighted by Gasteiger charge is -2.50. The van der Waals surface area contributed by atoms with Gasteiger partial charge in [0.05, 0.1) is 16.8 Å². The highest BCUT2D eigenvalue weighted by molar-refractivity contribution is 7.74. The van der Waals surface area contributed by atoms with Crippen LogP contribution in [0.1, 0.15) is 32.3 Å². The lowest BCUT2D eigenvalue weighted by Crippen LogP contribution is -2.63. The fourth-order valence-electron chi connectivity index (χ4n) is 4.41. The molecular formula is C21H23NO5S. The first-order chi connectivity index (χ1) is 13.3. The number of allylic oxidation sites excluding steroid dienone is 3. The minimum absolute atomic E-state index is 0.0621. The van der Waals surface area contributed by atoms with Gasteiger partial charge in [-0.25, -0.2) is 0 Å². The number of amides is 1. The fraction of sp³-hybridized carbons (Fsp3) is 0.429. The van der Waals surface area contributed by atoms with Crippen molar-refractivity contribution in [1.82, 2.24) is 4.90 Å². The lowest BCUT2D eigenvalue weighted by atomic mass is 9.75. The Morgan fingerprint density at radius 2 is 1.89 bits per heavy atom. The van der Waals surface area contributed by atoms with Crippen LogP contribution in [-0.4, -0.2) is 53.5 Å². The number of ether oxygens (including phenoxy) is 1. The molecular weight excluding hydrogens is 378 g/mol. The summed E-state index contributed by atoms with van der Waals surface area (Å²) in [6.07, 6.45) is 3.60. The quantitative estimate of drug-likeness (QED) is 0.764. The molecule has 28 heavy (non-hydrogen) atoms. The van der Waals surface area contributed by atoms with Crippen LogP contribution in [0.3, 0.4) is 0 Å². The minimum atomic E-state index is -2.54. The molecule has 148 valence electrons. The summed E-state index contributed by atoms with van der Waals surface area (Å²) in [4.78, 5) is 14.3. The number of carbonyl (C=O) groups is 1. The van der Waals surface area contributed by atoms with E-state index in [1.807, 2.05) is 30.3 Å². The van der Waals surface area contributed by atoms with Crippen molar-refractivity contribution in [3.05, 3.63) is 53.8 Å². The van der Waals surface area contributed by atoms with Gasteiger partial charge in [-0.1, -0.05) is 30.3 Å². The number of carbonyl (C=O) groups excluding carboxylic acids is 1. The van der Waals surface area contributed by atoms with Gasteiger partial charge in [-0.2, -0.15) is 8.42 Å². The highest BCUT2D eigenvalue weighted by Crippen LogP contribution is 2.43. The van der Waals surface area contributed by atoms with Crippen LogP contribution in [0.2, 0.25) is 0 Å². The number of fused-ring (bicyclic) bond motifs is 1. The summed E-state index contributed by atoms with van der Waals surface area (Å²) >= 11 is 0. The van der Waals surface area contributed by atoms with E-state index in [9.17, 15) is 18.3 Å². The molecule has 0 bridgehead atoms. The first kappa shape index (κ1) is 19.0. The number of nitrogens with zero attached hydrogens (tertiary/aromatic N) is 1. The number of benzene rings is 1. The number of aliphatic hydroxyl groups is 1. The van der Waals surface area contributed by atoms with Gasteiger partial charge in [0.15, 0.2) is 0 Å².